The van der Waals surface area contributed by atoms with Crippen molar-refractivity contribution >= 4 is 29.0 Å². The van der Waals surface area contributed by atoms with Gasteiger partial charge in [0.05, 0.1) is 29.6 Å². The van der Waals surface area contributed by atoms with Crippen LogP contribution in [0.1, 0.15) is 36.0 Å². The number of aromatic nitrogens is 3. The molecule has 0 aliphatic heterocycles. The Kier molecular flexibility index (Phi) is 11.5. The molecule has 6 N–H and O–H groups in total. The summed E-state index contributed by atoms with van der Waals surface area (Å²) in [6.07, 6.45) is 2.94. The quantitative estimate of drug-likeness (QED) is 0.122. The monoisotopic (exact) mass is 553 g/mol. The topological polar surface area (TPSA) is 201 Å². The molecule has 1 saturated carbocycles. The van der Waals surface area contributed by atoms with Gasteiger partial charge in [-0.05, 0) is 31.9 Å². The Labute approximate surface area is 223 Å². The second kappa shape index (κ2) is 14.3. The third-order valence-corrected chi connectivity index (χ3v) is 5.08. The molecule has 1 aliphatic rings. The number of nitrogens with zero attached hydrogens (tertiary/aromatic N) is 3. The Hall–Kier alpha value is -3.53. The van der Waals surface area contributed by atoms with Crippen LogP contribution in [0.2, 0.25) is 0 Å². The summed E-state index contributed by atoms with van der Waals surface area (Å²) in [6.45, 7) is 2.57. The van der Waals surface area contributed by atoms with Crippen LogP contribution in [0.4, 0.5) is 17.2 Å². The fraction of sp³-hybridized carbons (Fsp3) is 0.318. The molecule has 1 aromatic carbocycles. The predicted octanol–water partition coefficient (Wildman–Crippen LogP) is 2.90. The molecule has 2 amide bonds. The van der Waals surface area contributed by atoms with Gasteiger partial charge in [-0.1, -0.05) is 11.2 Å². The van der Waals surface area contributed by atoms with E-state index in [0.29, 0.717) is 35.3 Å². The third kappa shape index (κ3) is 7.49. The van der Waals surface area contributed by atoms with Crippen LogP contribution >= 0.6 is 0 Å². The molecule has 0 spiro atoms. The normalized spacial score (nSPS) is 11.9. The summed E-state index contributed by atoms with van der Waals surface area (Å²) in [5, 5.41) is 31.0. The Morgan fingerprint density at radius 2 is 1.97 bits per heavy atom. The predicted molar refractivity (Wildman–Crippen MR) is 125 cm³/mol. The first-order valence-electron chi connectivity index (χ1n) is 10.8. The summed E-state index contributed by atoms with van der Waals surface area (Å²) in [7, 11) is 1.49. The first-order chi connectivity index (χ1) is 17.5. The van der Waals surface area contributed by atoms with Crippen LogP contribution in [0.3, 0.4) is 0 Å². The molecule has 2 heterocycles. The van der Waals surface area contributed by atoms with E-state index in [0.717, 1.165) is 12.8 Å². The van der Waals surface area contributed by atoms with Crippen molar-refractivity contribution in [2.75, 3.05) is 24.4 Å². The van der Waals surface area contributed by atoms with E-state index in [1.54, 1.807) is 23.7 Å². The number of hydrogen-bond donors (Lipinski definition) is 6. The van der Waals surface area contributed by atoms with Gasteiger partial charge < -0.3 is 24.6 Å². The van der Waals surface area contributed by atoms with Crippen molar-refractivity contribution in [3.63, 3.8) is 0 Å². The number of nitrogens with one attached hydrogen (secondary N) is 3. The van der Waals surface area contributed by atoms with Crippen LogP contribution in [0.15, 0.2) is 35.0 Å². The smallest absolute Gasteiger partial charge is 0.278 e. The number of amides is 2. The number of methoxy groups -OCH3 is 1. The maximum absolute atomic E-state index is 12.2. The fourth-order valence-electron chi connectivity index (χ4n) is 3.23. The van der Waals surface area contributed by atoms with E-state index >= 15 is 0 Å². The van der Waals surface area contributed by atoms with Gasteiger partial charge in [-0.2, -0.15) is 4.98 Å². The van der Waals surface area contributed by atoms with Crippen LogP contribution in [0.5, 0.6) is 5.75 Å². The average Bonchev–Trinajstić information content (AvgIpc) is 3.66. The van der Waals surface area contributed by atoms with Crippen molar-refractivity contribution in [2.24, 2.45) is 5.92 Å². The molecule has 1 radical (unpaired) electrons. The molecule has 15 heteroatoms. The summed E-state index contributed by atoms with van der Waals surface area (Å²) in [5.74, 6) is 0.365. The molecular weight excluding hydrogens is 527 g/mol. The fourth-order valence-corrected chi connectivity index (χ4v) is 3.23. The van der Waals surface area contributed by atoms with Crippen LogP contribution in [0, 0.1) is 5.92 Å². The van der Waals surface area contributed by atoms with E-state index in [2.05, 4.69) is 25.8 Å². The maximum atomic E-state index is 12.2. The minimum Gasteiger partial charge on any atom is -0.494 e. The number of hydroxylamine groups is 1. The molecule has 1 aliphatic carbocycles. The summed E-state index contributed by atoms with van der Waals surface area (Å²) in [4.78, 5) is 32.8. The van der Waals surface area contributed by atoms with Crippen LogP contribution in [-0.2, 0) is 34.7 Å². The molecule has 2 aromatic heterocycles. The molecule has 1 fully saturated rings. The first kappa shape index (κ1) is 29.7. The molecule has 0 bridgehead atoms. The molecule has 197 valence electrons. The number of anilines is 3. The van der Waals surface area contributed by atoms with Gasteiger partial charge in [-0.25, -0.2) is 10.5 Å². The van der Waals surface area contributed by atoms with Gasteiger partial charge in [0, 0.05) is 43.3 Å². The minimum absolute atomic E-state index is 0. The Morgan fingerprint density at radius 3 is 2.62 bits per heavy atom. The zero-order valence-electron chi connectivity index (χ0n) is 20.0. The van der Waals surface area contributed by atoms with Gasteiger partial charge in [-0.3, -0.25) is 25.3 Å². The minimum atomic E-state index is -0.774. The van der Waals surface area contributed by atoms with E-state index in [9.17, 15) is 9.59 Å². The van der Waals surface area contributed by atoms with Gasteiger partial charge in [-0.15, -0.1) is 0 Å². The van der Waals surface area contributed by atoms with Crippen LogP contribution in [0.25, 0.3) is 11.4 Å². The number of ether oxygens (including phenoxy) is 2. The van der Waals surface area contributed by atoms with Crippen LogP contribution in [-0.4, -0.2) is 56.4 Å². The number of pyridine rings is 1. The number of carbonyl (C=O) groups excluding carboxylic acids is 2. The number of rotatable bonds is 10. The number of hydrogen-bond acceptors (Lipinski definition) is 12. The summed E-state index contributed by atoms with van der Waals surface area (Å²) in [6, 6.07) is 6.74. The second-order valence-electron chi connectivity index (χ2n) is 7.48. The summed E-state index contributed by atoms with van der Waals surface area (Å²) < 4.78 is 16.1. The van der Waals surface area contributed by atoms with E-state index in [-0.39, 0.29) is 54.1 Å². The molecular formula is C22H26N6O8V. The number of para-hydroxylation sites is 1. The second-order valence-corrected chi connectivity index (χ2v) is 7.48. The molecule has 4 rings (SSSR count). The molecule has 0 saturated heterocycles. The van der Waals surface area contributed by atoms with Crippen molar-refractivity contribution < 1.29 is 57.9 Å². The van der Waals surface area contributed by atoms with Crippen molar-refractivity contribution in [1.82, 2.24) is 20.6 Å². The summed E-state index contributed by atoms with van der Waals surface area (Å²) >= 11 is 0. The van der Waals surface area contributed by atoms with Gasteiger partial charge in [0.2, 0.25) is 11.7 Å². The van der Waals surface area contributed by atoms with Crippen molar-refractivity contribution in [3.8, 4) is 17.1 Å². The Bertz CT molecular complexity index is 1200. The largest absolute Gasteiger partial charge is 0.494 e. The Balaban J connectivity index is 0.00000157. The Morgan fingerprint density at radius 1 is 1.22 bits per heavy atom. The average molecular weight is 553 g/mol. The molecule has 0 unspecified atom stereocenters. The van der Waals surface area contributed by atoms with Gasteiger partial charge in [0.15, 0.2) is 5.75 Å². The van der Waals surface area contributed by atoms with Crippen LogP contribution < -0.4 is 20.9 Å². The van der Waals surface area contributed by atoms with Crippen molar-refractivity contribution in [2.45, 2.75) is 26.4 Å². The third-order valence-electron chi connectivity index (χ3n) is 5.08. The van der Waals surface area contributed by atoms with Crippen molar-refractivity contribution in [3.05, 3.63) is 41.9 Å². The SMILES string of the molecule is CCOCc1nc(-c2cccc(Nc3cc(NC(=O)C4CC4)ncc3C(=O)NO)c2OC)no1.OO.[V]. The van der Waals surface area contributed by atoms with E-state index in [1.165, 1.54) is 19.4 Å². The zero-order chi connectivity index (χ0) is 26.1. The van der Waals surface area contributed by atoms with E-state index < -0.39 is 5.91 Å². The molecule has 3 aromatic rings. The molecule has 0 atom stereocenters. The summed E-state index contributed by atoms with van der Waals surface area (Å²) in [5.41, 5.74) is 2.96. The molecule has 37 heavy (non-hydrogen) atoms. The van der Waals surface area contributed by atoms with E-state index in [4.69, 9.17) is 29.7 Å². The zero-order valence-corrected chi connectivity index (χ0v) is 21.4. The first-order valence-corrected chi connectivity index (χ1v) is 10.8. The van der Waals surface area contributed by atoms with Gasteiger partial charge >= 0.3 is 0 Å². The van der Waals surface area contributed by atoms with E-state index in [1.807, 2.05) is 6.92 Å². The number of carbonyl (C=O) groups is 2. The maximum Gasteiger partial charge on any atom is 0.278 e. The molecule has 14 nitrogen and oxygen atoms in total. The van der Waals surface area contributed by atoms with Gasteiger partial charge in [0.25, 0.3) is 11.8 Å². The number of benzene rings is 1. The van der Waals surface area contributed by atoms with Crippen molar-refractivity contribution in [1.29, 1.82) is 0 Å². The van der Waals surface area contributed by atoms with Gasteiger partial charge in [0.1, 0.15) is 12.4 Å². The standard InChI is InChI=1S/C22H24N6O6.H2O2.V/c1-3-33-11-18-26-20(28-34-18)13-5-4-6-15(19(13)32-2)24-16-9-17(25-21(29)12-7-8-12)23-10-14(16)22(30)27-31;1-2;/h4-6,9-10,12,31H,3,7-8,11H2,1-2H3,(H,27,30)(H2,23,24,25,29);1-2H;.